The van der Waals surface area contributed by atoms with Crippen LogP contribution in [-0.4, -0.2) is 43.7 Å². The summed E-state index contributed by atoms with van der Waals surface area (Å²) in [6, 6.07) is 0. The Morgan fingerprint density at radius 3 is 2.09 bits per heavy atom. The van der Waals surface area contributed by atoms with Crippen LogP contribution in [0.5, 0.6) is 0 Å². The third kappa shape index (κ3) is 0.825. The van der Waals surface area contributed by atoms with Crippen LogP contribution in [0.4, 0.5) is 0 Å². The van der Waals surface area contributed by atoms with Gasteiger partial charge in [0, 0.05) is 7.05 Å². The van der Waals surface area contributed by atoms with Crippen molar-refractivity contribution in [2.24, 2.45) is 0 Å². The number of hydrogen-bond acceptors (Lipinski definition) is 4. The fourth-order valence-electron chi connectivity index (χ4n) is 1.37. The van der Waals surface area contributed by atoms with Crippen LogP contribution in [0.25, 0.3) is 0 Å². The maximum Gasteiger partial charge on any atom is 0.592 e. The number of quaternary nitrogens is 1. The van der Waals surface area contributed by atoms with Gasteiger partial charge in [-0.05, 0) is 0 Å². The van der Waals surface area contributed by atoms with Crippen LogP contribution in [0.2, 0.25) is 0 Å². The number of nitrogens with zero attached hydrogens (tertiary/aromatic N) is 1. The first-order valence-electron chi connectivity index (χ1n) is 3.33. The lowest BCUT2D eigenvalue weighted by atomic mass is 10.1. The minimum atomic E-state index is -0.685. The quantitative estimate of drug-likeness (QED) is 0.402. The molecule has 2 rings (SSSR count). The lowest BCUT2D eigenvalue weighted by Gasteiger charge is -2.29. The zero-order chi connectivity index (χ0) is 8.06. The summed E-state index contributed by atoms with van der Waals surface area (Å²) in [5, 5.41) is 0. The minimum absolute atomic E-state index is 0.233. The molecule has 0 aromatic rings. The van der Waals surface area contributed by atoms with Gasteiger partial charge < -0.3 is 13.7 Å². The molecule has 0 unspecified atom stereocenters. The van der Waals surface area contributed by atoms with Crippen molar-refractivity contribution in [1.82, 2.24) is 0 Å². The zero-order valence-electron chi connectivity index (χ0n) is 6.07. The summed E-state index contributed by atoms with van der Waals surface area (Å²) in [6.07, 6.45) is 0. The molecule has 0 bridgehead atoms. The highest BCUT2D eigenvalue weighted by Crippen LogP contribution is 2.22. The Labute approximate surface area is 63.6 Å². The monoisotopic (exact) mass is 156 g/mol. The first kappa shape index (κ1) is 6.66. The van der Waals surface area contributed by atoms with E-state index >= 15 is 0 Å². The van der Waals surface area contributed by atoms with E-state index in [-0.39, 0.29) is 29.4 Å². The Morgan fingerprint density at radius 2 is 1.73 bits per heavy atom. The molecule has 0 aliphatic carbocycles. The minimum Gasteiger partial charge on any atom is -0.618 e. The fourth-order valence-corrected chi connectivity index (χ4v) is 1.37. The highest BCUT2D eigenvalue weighted by Gasteiger charge is 2.49. The van der Waals surface area contributed by atoms with E-state index in [9.17, 15) is 9.59 Å². The number of carbonyl (C=O) groups excluding carboxylic acids is 2. The molecule has 0 amide bonds. The van der Waals surface area contributed by atoms with Crippen LogP contribution >= 0.6 is 0 Å². The van der Waals surface area contributed by atoms with Crippen LogP contribution in [0.1, 0.15) is 0 Å². The number of carbonyl (C=O) groups is 2. The van der Waals surface area contributed by atoms with Crippen molar-refractivity contribution < 1.29 is 23.3 Å². The largest absolute Gasteiger partial charge is 0.618 e. The van der Waals surface area contributed by atoms with Crippen molar-refractivity contribution in [2.45, 2.75) is 0 Å². The molecule has 2 aliphatic heterocycles. The number of hydrogen-bond donors (Lipinski definition) is 0. The second-order valence-corrected chi connectivity index (χ2v) is 3.08. The zero-order valence-corrected chi connectivity index (χ0v) is 6.07. The van der Waals surface area contributed by atoms with Crippen molar-refractivity contribution in [3.8, 4) is 0 Å². The topological polar surface area (TPSA) is 52.6 Å². The summed E-state index contributed by atoms with van der Waals surface area (Å²) in [5.74, 6) is -0.602. The van der Waals surface area contributed by atoms with E-state index in [1.165, 1.54) is 0 Å². The van der Waals surface area contributed by atoms with E-state index in [4.69, 9.17) is 9.31 Å². The standard InChI is InChI=1S/C5H7BNO4/c1-7-2-4(8)10-6(7)11-5(9)3-7/h2-3H2,1H3. The van der Waals surface area contributed by atoms with Crippen LogP contribution in [0.3, 0.4) is 0 Å². The van der Waals surface area contributed by atoms with Gasteiger partial charge in [-0.1, -0.05) is 0 Å². The predicted octanol–water partition coefficient (Wildman–Crippen LogP) is -1.47. The van der Waals surface area contributed by atoms with E-state index in [0.717, 1.165) is 0 Å². The van der Waals surface area contributed by atoms with Gasteiger partial charge in [0.1, 0.15) is 13.1 Å². The molecule has 0 spiro atoms. The number of fused-ring (bicyclic) bond motifs is 1. The molecule has 5 nitrogen and oxygen atoms in total. The Balaban J connectivity index is 2.25. The van der Waals surface area contributed by atoms with E-state index < -0.39 is 7.25 Å². The van der Waals surface area contributed by atoms with E-state index in [2.05, 4.69) is 0 Å². The lowest BCUT2D eigenvalue weighted by Crippen LogP contribution is -2.48. The Hall–Kier alpha value is -1.04. The molecule has 0 aromatic carbocycles. The average molecular weight is 156 g/mol. The summed E-state index contributed by atoms with van der Waals surface area (Å²) in [6.45, 7) is 0.465. The molecular weight excluding hydrogens is 149 g/mol. The second-order valence-electron chi connectivity index (χ2n) is 3.08. The van der Waals surface area contributed by atoms with Gasteiger partial charge in [-0.15, -0.1) is 0 Å². The maximum absolute atomic E-state index is 10.7. The Bertz CT molecular complexity index is 221. The third-order valence-electron chi connectivity index (χ3n) is 1.95. The first-order chi connectivity index (χ1) is 5.10. The highest BCUT2D eigenvalue weighted by molar-refractivity contribution is 6.45. The molecule has 2 aliphatic rings. The van der Waals surface area contributed by atoms with Crippen LogP contribution < -0.4 is 0 Å². The highest BCUT2D eigenvalue weighted by atomic mass is 16.7. The number of rotatable bonds is 0. The number of likely N-dealkylation sites (N-methyl/N-ethyl adjacent to an activating group) is 1. The molecule has 11 heavy (non-hydrogen) atoms. The van der Waals surface area contributed by atoms with Crippen LogP contribution in [-0.2, 0) is 18.9 Å². The molecule has 2 fully saturated rings. The van der Waals surface area contributed by atoms with Crippen molar-refractivity contribution in [3.05, 3.63) is 0 Å². The summed E-state index contributed by atoms with van der Waals surface area (Å²) < 4.78 is 9.75. The van der Waals surface area contributed by atoms with Crippen molar-refractivity contribution in [3.63, 3.8) is 0 Å². The predicted molar refractivity (Wildman–Crippen MR) is 33.9 cm³/mol. The second kappa shape index (κ2) is 1.76. The van der Waals surface area contributed by atoms with E-state index in [1.807, 2.05) is 0 Å². The first-order valence-corrected chi connectivity index (χ1v) is 3.33. The normalized spacial score (nSPS) is 28.1. The summed E-state index contributed by atoms with van der Waals surface area (Å²) >= 11 is 0. The van der Waals surface area contributed by atoms with Crippen molar-refractivity contribution in [2.75, 3.05) is 20.1 Å². The van der Waals surface area contributed by atoms with Gasteiger partial charge in [0.05, 0.1) is 0 Å². The maximum atomic E-state index is 10.7. The van der Waals surface area contributed by atoms with Gasteiger partial charge in [-0.3, -0.25) is 9.59 Å². The molecule has 0 aromatic heterocycles. The Morgan fingerprint density at radius 1 is 1.27 bits per heavy atom. The van der Waals surface area contributed by atoms with E-state index in [0.29, 0.717) is 0 Å². The molecule has 2 saturated heterocycles. The smallest absolute Gasteiger partial charge is 0.592 e. The van der Waals surface area contributed by atoms with Crippen LogP contribution in [0.15, 0.2) is 0 Å². The Kier molecular flexibility index (Phi) is 1.07. The molecular formula is C5H7BNO4. The van der Waals surface area contributed by atoms with Gasteiger partial charge in [0.15, 0.2) is 0 Å². The van der Waals surface area contributed by atoms with Gasteiger partial charge in [0.25, 0.3) is 0 Å². The molecule has 6 heteroatoms. The average Bonchev–Trinajstić information content (AvgIpc) is 2.16. The summed E-state index contributed by atoms with van der Waals surface area (Å²) in [7, 11) is 1.08. The molecule has 1 radical (unpaired) electrons. The molecule has 0 atom stereocenters. The van der Waals surface area contributed by atoms with Gasteiger partial charge >= 0.3 is 19.2 Å². The van der Waals surface area contributed by atoms with E-state index in [1.54, 1.807) is 7.05 Å². The lowest BCUT2D eigenvalue weighted by molar-refractivity contribution is -0.785. The van der Waals surface area contributed by atoms with Crippen LogP contribution in [0, 0.1) is 0 Å². The third-order valence-corrected chi connectivity index (χ3v) is 1.95. The van der Waals surface area contributed by atoms with Gasteiger partial charge in [0.2, 0.25) is 0 Å². The van der Waals surface area contributed by atoms with Gasteiger partial charge in [-0.25, -0.2) is 0 Å². The molecule has 0 saturated carbocycles. The van der Waals surface area contributed by atoms with Crippen molar-refractivity contribution in [1.29, 1.82) is 0 Å². The molecule has 0 N–H and O–H groups in total. The molecule has 2 heterocycles. The fraction of sp³-hybridized carbons (Fsp3) is 0.600. The molecule has 59 valence electrons. The van der Waals surface area contributed by atoms with Crippen molar-refractivity contribution >= 4 is 19.2 Å². The summed E-state index contributed by atoms with van der Waals surface area (Å²) in [4.78, 5) is 21.5. The van der Waals surface area contributed by atoms with Gasteiger partial charge in [-0.2, -0.15) is 0 Å². The SMILES string of the molecule is C[N+]12CC(=O)O[B-]1OC(=O)C2. The summed E-state index contributed by atoms with van der Waals surface area (Å²) in [5.41, 5.74) is 0.